The van der Waals surface area contributed by atoms with Crippen LogP contribution < -0.4 is 0 Å². The Morgan fingerprint density at radius 3 is 2.64 bits per heavy atom. The van der Waals surface area contributed by atoms with Crippen LogP contribution in [-0.2, 0) is 4.74 Å². The van der Waals surface area contributed by atoms with Gasteiger partial charge in [0.1, 0.15) is 0 Å². The molecule has 1 amide bonds. The Hall–Kier alpha value is -0.770. The number of carbonyl (C=O) groups is 1. The first-order chi connectivity index (χ1) is 6.70. The van der Waals surface area contributed by atoms with Gasteiger partial charge in [-0.3, -0.25) is 0 Å². The lowest BCUT2D eigenvalue weighted by Gasteiger charge is -2.25. The first-order valence-corrected chi connectivity index (χ1v) is 5.30. The third-order valence-electron chi connectivity index (χ3n) is 2.38. The zero-order valence-electron chi connectivity index (χ0n) is 8.74. The molecule has 1 N–H and O–H groups in total. The molecule has 1 atom stereocenters. The van der Waals surface area contributed by atoms with Gasteiger partial charge in [0.15, 0.2) is 0 Å². The zero-order chi connectivity index (χ0) is 10.4. The van der Waals surface area contributed by atoms with Crippen molar-refractivity contribution in [2.75, 3.05) is 19.7 Å². The molecule has 0 aromatic rings. The summed E-state index contributed by atoms with van der Waals surface area (Å²) in [7, 11) is 0. The second kappa shape index (κ2) is 5.86. The average molecular weight is 201 g/mol. The summed E-state index contributed by atoms with van der Waals surface area (Å²) < 4.78 is 5.02. The highest BCUT2D eigenvalue weighted by molar-refractivity contribution is 5.67. The van der Waals surface area contributed by atoms with E-state index in [2.05, 4.69) is 0 Å². The minimum atomic E-state index is -0.399. The van der Waals surface area contributed by atoms with Crippen molar-refractivity contribution in [1.82, 2.24) is 4.90 Å². The minimum Gasteiger partial charge on any atom is -0.449 e. The van der Waals surface area contributed by atoms with Gasteiger partial charge < -0.3 is 14.7 Å². The number of likely N-dealkylation sites (tertiary alicyclic amines) is 1. The van der Waals surface area contributed by atoms with E-state index in [1.165, 1.54) is 6.42 Å². The molecule has 4 nitrogen and oxygen atoms in total. The molecule has 0 aliphatic carbocycles. The number of hydrogen-bond acceptors (Lipinski definition) is 3. The SMILES string of the molecule is CC(O)CCOC(=O)N1CCCCC1. The molecular formula is C10H19NO3. The zero-order valence-corrected chi connectivity index (χ0v) is 8.74. The summed E-state index contributed by atoms with van der Waals surface area (Å²) in [4.78, 5) is 13.1. The standard InChI is InChI=1S/C10H19NO3/c1-9(12)5-8-14-10(13)11-6-3-2-4-7-11/h9,12H,2-8H2,1H3. The van der Waals surface area contributed by atoms with Gasteiger partial charge in [-0.25, -0.2) is 4.79 Å². The molecule has 1 rings (SSSR count). The highest BCUT2D eigenvalue weighted by Gasteiger charge is 2.17. The lowest BCUT2D eigenvalue weighted by atomic mass is 10.1. The largest absolute Gasteiger partial charge is 0.449 e. The van der Waals surface area contributed by atoms with Gasteiger partial charge in [0.05, 0.1) is 12.7 Å². The van der Waals surface area contributed by atoms with Crippen molar-refractivity contribution >= 4 is 6.09 Å². The maximum atomic E-state index is 11.4. The fraction of sp³-hybridized carbons (Fsp3) is 0.900. The predicted molar refractivity (Wildman–Crippen MR) is 53.1 cm³/mol. The van der Waals surface area contributed by atoms with Crippen LogP contribution in [-0.4, -0.2) is 41.9 Å². The maximum absolute atomic E-state index is 11.4. The molecule has 1 aliphatic heterocycles. The van der Waals surface area contributed by atoms with Gasteiger partial charge in [-0.05, 0) is 26.2 Å². The number of rotatable bonds is 3. The highest BCUT2D eigenvalue weighted by atomic mass is 16.6. The molecule has 0 saturated carbocycles. The molecule has 82 valence electrons. The molecule has 1 aliphatic rings. The molecule has 1 saturated heterocycles. The van der Waals surface area contributed by atoms with Gasteiger partial charge in [-0.2, -0.15) is 0 Å². The molecule has 0 radical (unpaired) electrons. The fourth-order valence-corrected chi connectivity index (χ4v) is 1.48. The first-order valence-electron chi connectivity index (χ1n) is 5.30. The van der Waals surface area contributed by atoms with E-state index >= 15 is 0 Å². The smallest absolute Gasteiger partial charge is 0.409 e. The molecule has 0 aromatic heterocycles. The quantitative estimate of drug-likeness (QED) is 0.750. The Morgan fingerprint density at radius 1 is 1.43 bits per heavy atom. The summed E-state index contributed by atoms with van der Waals surface area (Å²) in [6, 6.07) is 0. The Morgan fingerprint density at radius 2 is 2.07 bits per heavy atom. The van der Waals surface area contributed by atoms with Crippen molar-refractivity contribution < 1.29 is 14.6 Å². The van der Waals surface area contributed by atoms with Crippen molar-refractivity contribution in [3.8, 4) is 0 Å². The summed E-state index contributed by atoms with van der Waals surface area (Å²) in [5.41, 5.74) is 0. The maximum Gasteiger partial charge on any atom is 0.409 e. The Balaban J connectivity index is 2.13. The van der Waals surface area contributed by atoms with E-state index in [-0.39, 0.29) is 6.09 Å². The third-order valence-corrected chi connectivity index (χ3v) is 2.38. The van der Waals surface area contributed by atoms with Crippen molar-refractivity contribution in [2.45, 2.75) is 38.7 Å². The number of aliphatic hydroxyl groups is 1. The van der Waals surface area contributed by atoms with E-state index in [0.29, 0.717) is 13.0 Å². The molecule has 14 heavy (non-hydrogen) atoms. The molecule has 0 bridgehead atoms. The molecule has 0 spiro atoms. The molecule has 1 unspecified atom stereocenters. The molecule has 1 fully saturated rings. The van der Waals surface area contributed by atoms with Crippen LogP contribution in [0.1, 0.15) is 32.6 Å². The lowest BCUT2D eigenvalue weighted by Crippen LogP contribution is -2.36. The number of aliphatic hydroxyl groups excluding tert-OH is 1. The number of ether oxygens (including phenoxy) is 1. The van der Waals surface area contributed by atoms with Crippen LogP contribution in [0.3, 0.4) is 0 Å². The molecule has 1 heterocycles. The van der Waals surface area contributed by atoms with Gasteiger partial charge >= 0.3 is 6.09 Å². The van der Waals surface area contributed by atoms with Crippen molar-refractivity contribution in [3.05, 3.63) is 0 Å². The summed E-state index contributed by atoms with van der Waals surface area (Å²) in [6.45, 7) is 3.63. The number of nitrogens with zero attached hydrogens (tertiary/aromatic N) is 1. The van der Waals surface area contributed by atoms with Crippen molar-refractivity contribution in [1.29, 1.82) is 0 Å². The minimum absolute atomic E-state index is 0.231. The van der Waals surface area contributed by atoms with Gasteiger partial charge in [-0.15, -0.1) is 0 Å². The molecule has 4 heteroatoms. The average Bonchev–Trinajstić information content (AvgIpc) is 2.18. The van der Waals surface area contributed by atoms with Crippen LogP contribution in [0.2, 0.25) is 0 Å². The van der Waals surface area contributed by atoms with Crippen LogP contribution >= 0.6 is 0 Å². The van der Waals surface area contributed by atoms with Gasteiger partial charge in [0.25, 0.3) is 0 Å². The van der Waals surface area contributed by atoms with Gasteiger partial charge in [-0.1, -0.05) is 0 Å². The van der Waals surface area contributed by atoms with E-state index in [9.17, 15) is 4.79 Å². The second-order valence-electron chi connectivity index (χ2n) is 3.80. The topological polar surface area (TPSA) is 49.8 Å². The van der Waals surface area contributed by atoms with Crippen molar-refractivity contribution in [2.24, 2.45) is 0 Å². The van der Waals surface area contributed by atoms with E-state index in [1.807, 2.05) is 0 Å². The molecular weight excluding hydrogens is 182 g/mol. The lowest BCUT2D eigenvalue weighted by molar-refractivity contribution is 0.0786. The van der Waals surface area contributed by atoms with Crippen LogP contribution in [0.5, 0.6) is 0 Å². The number of carbonyl (C=O) groups excluding carboxylic acids is 1. The highest BCUT2D eigenvalue weighted by Crippen LogP contribution is 2.09. The Bertz CT molecular complexity index is 176. The monoisotopic (exact) mass is 201 g/mol. The molecule has 0 aromatic carbocycles. The van der Waals surface area contributed by atoms with Crippen LogP contribution in [0.4, 0.5) is 4.79 Å². The normalized spacial score (nSPS) is 19.1. The second-order valence-corrected chi connectivity index (χ2v) is 3.80. The van der Waals surface area contributed by atoms with E-state index in [1.54, 1.807) is 11.8 Å². The summed E-state index contributed by atoms with van der Waals surface area (Å²) in [5, 5.41) is 8.97. The number of amides is 1. The summed E-state index contributed by atoms with van der Waals surface area (Å²) in [5.74, 6) is 0. The Labute approximate surface area is 84.8 Å². The summed E-state index contributed by atoms with van der Waals surface area (Å²) >= 11 is 0. The number of hydrogen-bond donors (Lipinski definition) is 1. The van der Waals surface area contributed by atoms with E-state index < -0.39 is 6.10 Å². The van der Waals surface area contributed by atoms with Gasteiger partial charge in [0.2, 0.25) is 0 Å². The summed E-state index contributed by atoms with van der Waals surface area (Å²) in [6.07, 6.45) is 3.24. The number of piperidine rings is 1. The van der Waals surface area contributed by atoms with Crippen LogP contribution in [0.25, 0.3) is 0 Å². The van der Waals surface area contributed by atoms with Crippen LogP contribution in [0, 0.1) is 0 Å². The van der Waals surface area contributed by atoms with Gasteiger partial charge in [0, 0.05) is 19.5 Å². The van der Waals surface area contributed by atoms with Crippen LogP contribution in [0.15, 0.2) is 0 Å². The predicted octanol–water partition coefficient (Wildman–Crippen LogP) is 1.38. The van der Waals surface area contributed by atoms with E-state index in [4.69, 9.17) is 9.84 Å². The Kier molecular flexibility index (Phi) is 4.73. The van der Waals surface area contributed by atoms with Crippen molar-refractivity contribution in [3.63, 3.8) is 0 Å². The van der Waals surface area contributed by atoms with E-state index in [0.717, 1.165) is 25.9 Å². The first kappa shape index (κ1) is 11.3. The fourth-order valence-electron chi connectivity index (χ4n) is 1.48. The third kappa shape index (κ3) is 3.96.